The maximum atomic E-state index is 12.9. The minimum absolute atomic E-state index is 0.0586. The molecule has 0 aromatic heterocycles. The molecule has 0 saturated carbocycles. The van der Waals surface area contributed by atoms with E-state index in [0.29, 0.717) is 16.8 Å². The maximum absolute atomic E-state index is 12.9. The lowest BCUT2D eigenvalue weighted by atomic mass is 10.1. The van der Waals surface area contributed by atoms with Crippen LogP contribution < -0.4 is 9.44 Å². The zero-order chi connectivity index (χ0) is 23.1. The second-order valence-corrected chi connectivity index (χ2v) is 10.8. The van der Waals surface area contributed by atoms with Crippen LogP contribution in [0.2, 0.25) is 0 Å². The molecule has 4 rings (SSSR count). The quantitative estimate of drug-likeness (QED) is 0.530. The van der Waals surface area contributed by atoms with Crippen LogP contribution in [0.1, 0.15) is 27.0 Å². The SMILES string of the molecule is Cc1cccc(NS(=O)(=O)c2cc(NS(=O)(=O)c3ccc4c(c3)C(=O)OC4)ccc2C)c1. The summed E-state index contributed by atoms with van der Waals surface area (Å²) in [6.07, 6.45) is 0. The molecule has 1 heterocycles. The number of carbonyl (C=O) groups excluding carboxylic acids is 1. The van der Waals surface area contributed by atoms with Gasteiger partial charge in [0.1, 0.15) is 6.61 Å². The Kier molecular flexibility index (Phi) is 5.43. The molecule has 0 aliphatic carbocycles. The van der Waals surface area contributed by atoms with Crippen molar-refractivity contribution in [1.82, 2.24) is 0 Å². The lowest BCUT2D eigenvalue weighted by Gasteiger charge is -2.14. The van der Waals surface area contributed by atoms with Gasteiger partial charge in [-0.05, 0) is 61.4 Å². The number of nitrogens with one attached hydrogen (secondary N) is 2. The van der Waals surface area contributed by atoms with Crippen molar-refractivity contribution >= 4 is 37.4 Å². The first kappa shape index (κ1) is 21.8. The number of hydrogen-bond donors (Lipinski definition) is 2. The second-order valence-electron chi connectivity index (χ2n) is 7.46. The Bertz CT molecular complexity index is 1450. The average molecular weight is 473 g/mol. The molecule has 8 nitrogen and oxygen atoms in total. The zero-order valence-corrected chi connectivity index (χ0v) is 18.9. The smallest absolute Gasteiger partial charge is 0.338 e. The van der Waals surface area contributed by atoms with Crippen LogP contribution in [-0.2, 0) is 31.4 Å². The predicted molar refractivity (Wildman–Crippen MR) is 120 cm³/mol. The van der Waals surface area contributed by atoms with Gasteiger partial charge in [0.05, 0.1) is 21.0 Å². The highest BCUT2D eigenvalue weighted by Crippen LogP contribution is 2.27. The standard InChI is InChI=1S/C22H20N2O6S2/c1-14-4-3-5-17(10-14)24-32(28,29)21-11-18(8-6-15(21)2)23-31(26,27)19-9-7-16-13-30-22(25)20(16)12-19/h3-12,23-24H,13H2,1-2H3. The first-order valence-corrected chi connectivity index (χ1v) is 12.5. The van der Waals surface area contributed by atoms with Crippen molar-refractivity contribution in [2.45, 2.75) is 30.2 Å². The molecule has 3 aromatic rings. The number of hydrogen-bond acceptors (Lipinski definition) is 6. The summed E-state index contributed by atoms with van der Waals surface area (Å²) in [5.41, 5.74) is 2.63. The number of rotatable bonds is 6. The highest BCUT2D eigenvalue weighted by atomic mass is 32.2. The van der Waals surface area contributed by atoms with Crippen molar-refractivity contribution in [3.05, 3.63) is 82.9 Å². The summed E-state index contributed by atoms with van der Waals surface area (Å²) in [5, 5.41) is 0. The number of ether oxygens (including phenoxy) is 1. The Hall–Kier alpha value is -3.37. The highest BCUT2D eigenvalue weighted by Gasteiger charge is 2.25. The van der Waals surface area contributed by atoms with Crippen LogP contribution in [0.5, 0.6) is 0 Å². The van der Waals surface area contributed by atoms with Crippen LogP contribution in [0.4, 0.5) is 11.4 Å². The number of esters is 1. The molecule has 1 aliphatic heterocycles. The van der Waals surface area contributed by atoms with E-state index in [1.165, 1.54) is 36.4 Å². The normalized spacial score (nSPS) is 13.4. The number of anilines is 2. The summed E-state index contributed by atoms with van der Waals surface area (Å²) >= 11 is 0. The Morgan fingerprint density at radius 3 is 2.28 bits per heavy atom. The van der Waals surface area contributed by atoms with Crippen LogP contribution in [0.25, 0.3) is 0 Å². The van der Waals surface area contributed by atoms with Crippen molar-refractivity contribution in [2.75, 3.05) is 9.44 Å². The molecule has 0 bridgehead atoms. The summed E-state index contributed by atoms with van der Waals surface area (Å²) in [4.78, 5) is 11.6. The van der Waals surface area contributed by atoms with Gasteiger partial charge in [-0.3, -0.25) is 9.44 Å². The summed E-state index contributed by atoms with van der Waals surface area (Å²) in [6.45, 7) is 3.57. The molecule has 0 radical (unpaired) electrons. The maximum Gasteiger partial charge on any atom is 0.338 e. The Morgan fingerprint density at radius 2 is 1.53 bits per heavy atom. The number of sulfonamides is 2. The molecule has 0 saturated heterocycles. The summed E-state index contributed by atoms with van der Waals surface area (Å²) in [6, 6.07) is 15.3. The number of aryl methyl sites for hydroxylation is 2. The van der Waals surface area contributed by atoms with Crippen molar-refractivity contribution in [1.29, 1.82) is 0 Å². The van der Waals surface area contributed by atoms with E-state index in [4.69, 9.17) is 4.74 Å². The van der Waals surface area contributed by atoms with Crippen LogP contribution in [0.3, 0.4) is 0 Å². The molecule has 3 aromatic carbocycles. The third-order valence-electron chi connectivity index (χ3n) is 4.97. The monoisotopic (exact) mass is 472 g/mol. The van der Waals surface area contributed by atoms with E-state index < -0.39 is 26.0 Å². The van der Waals surface area contributed by atoms with Gasteiger partial charge in [-0.1, -0.05) is 24.3 Å². The fourth-order valence-electron chi connectivity index (χ4n) is 3.35. The van der Waals surface area contributed by atoms with E-state index in [1.807, 2.05) is 13.0 Å². The molecule has 0 spiro atoms. The molecule has 32 heavy (non-hydrogen) atoms. The van der Waals surface area contributed by atoms with Crippen molar-refractivity contribution in [3.8, 4) is 0 Å². The van der Waals surface area contributed by atoms with Gasteiger partial charge in [0.15, 0.2) is 0 Å². The molecular formula is C22H20N2O6S2. The Balaban J connectivity index is 1.64. The van der Waals surface area contributed by atoms with Gasteiger partial charge < -0.3 is 4.74 Å². The molecule has 0 unspecified atom stereocenters. The van der Waals surface area contributed by atoms with Crippen molar-refractivity contribution in [3.63, 3.8) is 0 Å². The second kappa shape index (κ2) is 7.95. The lowest BCUT2D eigenvalue weighted by molar-refractivity contribution is 0.0535. The number of carbonyl (C=O) groups is 1. The van der Waals surface area contributed by atoms with Gasteiger partial charge in [-0.25, -0.2) is 21.6 Å². The zero-order valence-electron chi connectivity index (χ0n) is 17.2. The number of benzene rings is 3. The topological polar surface area (TPSA) is 119 Å². The summed E-state index contributed by atoms with van der Waals surface area (Å²) < 4.78 is 61.4. The Morgan fingerprint density at radius 1 is 0.812 bits per heavy atom. The van der Waals surface area contributed by atoms with Gasteiger partial charge in [0.2, 0.25) is 0 Å². The molecule has 0 fully saturated rings. The molecule has 10 heteroatoms. The highest BCUT2D eigenvalue weighted by molar-refractivity contribution is 7.93. The fourth-order valence-corrected chi connectivity index (χ4v) is 5.74. The van der Waals surface area contributed by atoms with E-state index >= 15 is 0 Å². The molecule has 0 amide bonds. The van der Waals surface area contributed by atoms with Gasteiger partial charge in [-0.2, -0.15) is 0 Å². The van der Waals surface area contributed by atoms with E-state index in [2.05, 4.69) is 9.44 Å². The Labute approximate surface area is 186 Å². The van der Waals surface area contributed by atoms with Crippen molar-refractivity contribution in [2.24, 2.45) is 0 Å². The van der Waals surface area contributed by atoms with Gasteiger partial charge in [0, 0.05) is 11.3 Å². The van der Waals surface area contributed by atoms with Gasteiger partial charge in [-0.15, -0.1) is 0 Å². The van der Waals surface area contributed by atoms with E-state index in [9.17, 15) is 21.6 Å². The van der Waals surface area contributed by atoms with Crippen molar-refractivity contribution < 1.29 is 26.4 Å². The predicted octanol–water partition coefficient (Wildman–Crippen LogP) is 3.58. The van der Waals surface area contributed by atoms with Crippen LogP contribution in [0, 0.1) is 13.8 Å². The fraction of sp³-hybridized carbons (Fsp3) is 0.136. The summed E-state index contributed by atoms with van der Waals surface area (Å²) in [7, 11) is -8.04. The summed E-state index contributed by atoms with van der Waals surface area (Å²) in [5.74, 6) is -0.581. The molecule has 2 N–H and O–H groups in total. The third kappa shape index (κ3) is 4.32. The first-order valence-electron chi connectivity index (χ1n) is 9.58. The largest absolute Gasteiger partial charge is 0.457 e. The third-order valence-corrected chi connectivity index (χ3v) is 7.87. The molecule has 166 valence electrons. The lowest BCUT2D eigenvalue weighted by Crippen LogP contribution is -2.17. The van der Waals surface area contributed by atoms with Crippen LogP contribution in [0.15, 0.2) is 70.5 Å². The van der Waals surface area contributed by atoms with E-state index in [-0.39, 0.29) is 27.6 Å². The molecular weight excluding hydrogens is 452 g/mol. The van der Waals surface area contributed by atoms with Crippen LogP contribution >= 0.6 is 0 Å². The molecule has 0 atom stereocenters. The minimum Gasteiger partial charge on any atom is -0.457 e. The first-order chi connectivity index (χ1) is 15.0. The van der Waals surface area contributed by atoms with Crippen LogP contribution in [-0.4, -0.2) is 22.8 Å². The molecule has 1 aliphatic rings. The van der Waals surface area contributed by atoms with E-state index in [0.717, 1.165) is 5.56 Å². The number of cyclic esters (lactones) is 1. The van der Waals surface area contributed by atoms with E-state index in [1.54, 1.807) is 25.1 Å². The van der Waals surface area contributed by atoms with Gasteiger partial charge >= 0.3 is 5.97 Å². The van der Waals surface area contributed by atoms with Gasteiger partial charge in [0.25, 0.3) is 20.0 Å². The average Bonchev–Trinajstić information content (AvgIpc) is 3.09. The number of fused-ring (bicyclic) bond motifs is 1. The minimum atomic E-state index is -4.07.